The number of amides is 2. The fourth-order valence-electron chi connectivity index (χ4n) is 2.67. The van der Waals surface area contributed by atoms with Crippen molar-refractivity contribution < 1.29 is 19.1 Å². The second-order valence-electron chi connectivity index (χ2n) is 5.87. The molecule has 1 aliphatic carbocycles. The van der Waals surface area contributed by atoms with Crippen LogP contribution >= 0.6 is 12.2 Å². The van der Waals surface area contributed by atoms with Crippen LogP contribution in [-0.2, 0) is 9.59 Å². The number of ether oxygens (including phenoxy) is 2. The quantitative estimate of drug-likeness (QED) is 0.525. The average Bonchev–Trinajstić information content (AvgIpc) is 3.11. The number of hydrogen-bond donors (Lipinski definition) is 3. The summed E-state index contributed by atoms with van der Waals surface area (Å²) in [6, 6.07) is 6.88. The first-order valence-corrected chi connectivity index (χ1v) is 8.63. The van der Waals surface area contributed by atoms with Gasteiger partial charge in [-0.25, -0.2) is 0 Å². The molecule has 0 bridgehead atoms. The summed E-state index contributed by atoms with van der Waals surface area (Å²) in [7, 11) is 1.57. The third-order valence-corrected chi connectivity index (χ3v) is 4.15. The van der Waals surface area contributed by atoms with Crippen LogP contribution < -0.4 is 25.6 Å². The second-order valence-corrected chi connectivity index (χ2v) is 6.28. The topological polar surface area (TPSA) is 88.7 Å². The minimum Gasteiger partial charge on any atom is -0.497 e. The molecule has 25 heavy (non-hydrogen) atoms. The van der Waals surface area contributed by atoms with E-state index in [4.69, 9.17) is 21.7 Å². The van der Waals surface area contributed by atoms with Crippen LogP contribution in [0, 0.1) is 5.92 Å². The fourth-order valence-corrected chi connectivity index (χ4v) is 2.83. The summed E-state index contributed by atoms with van der Waals surface area (Å²) in [5.74, 6) is 1.15. The lowest BCUT2D eigenvalue weighted by Crippen LogP contribution is -2.49. The number of benzene rings is 1. The van der Waals surface area contributed by atoms with Crippen molar-refractivity contribution in [3.8, 4) is 11.5 Å². The largest absolute Gasteiger partial charge is 0.497 e. The van der Waals surface area contributed by atoms with E-state index >= 15 is 0 Å². The predicted octanol–water partition coefficient (Wildman–Crippen LogP) is 1.68. The van der Waals surface area contributed by atoms with E-state index in [0.29, 0.717) is 23.8 Å². The monoisotopic (exact) mass is 365 g/mol. The SMILES string of the molecule is COc1ccc(OCC(=O)NNC(=S)NC(=O)CC2CCCC2)cc1. The van der Waals surface area contributed by atoms with E-state index in [0.717, 1.165) is 12.8 Å². The molecule has 0 unspecified atom stereocenters. The van der Waals surface area contributed by atoms with E-state index in [2.05, 4.69) is 16.2 Å². The van der Waals surface area contributed by atoms with Gasteiger partial charge in [-0.15, -0.1) is 0 Å². The van der Waals surface area contributed by atoms with Crippen LogP contribution in [0.15, 0.2) is 24.3 Å². The van der Waals surface area contributed by atoms with E-state index in [9.17, 15) is 9.59 Å². The third kappa shape index (κ3) is 6.96. The molecule has 7 nitrogen and oxygen atoms in total. The van der Waals surface area contributed by atoms with Gasteiger partial charge in [-0.1, -0.05) is 12.8 Å². The number of hydrazine groups is 1. The highest BCUT2D eigenvalue weighted by molar-refractivity contribution is 7.80. The van der Waals surface area contributed by atoms with Crippen LogP contribution in [0.5, 0.6) is 11.5 Å². The molecule has 0 aliphatic heterocycles. The first-order chi connectivity index (χ1) is 12.1. The zero-order chi connectivity index (χ0) is 18.1. The Morgan fingerprint density at radius 2 is 1.72 bits per heavy atom. The predicted molar refractivity (Wildman–Crippen MR) is 97.1 cm³/mol. The van der Waals surface area contributed by atoms with Gasteiger partial charge in [0.2, 0.25) is 5.91 Å². The van der Waals surface area contributed by atoms with Gasteiger partial charge in [0.1, 0.15) is 11.5 Å². The van der Waals surface area contributed by atoms with Crippen molar-refractivity contribution in [2.75, 3.05) is 13.7 Å². The number of hydrogen-bond acceptors (Lipinski definition) is 5. The Labute approximate surface area is 152 Å². The molecule has 0 atom stereocenters. The molecule has 0 aromatic heterocycles. The lowest BCUT2D eigenvalue weighted by molar-refractivity contribution is -0.124. The summed E-state index contributed by atoms with van der Waals surface area (Å²) < 4.78 is 10.4. The maximum atomic E-state index is 11.8. The molecule has 2 amide bonds. The smallest absolute Gasteiger partial charge is 0.276 e. The Kier molecular flexibility index (Phi) is 7.46. The summed E-state index contributed by atoms with van der Waals surface area (Å²) in [6.07, 6.45) is 5.02. The lowest BCUT2D eigenvalue weighted by Gasteiger charge is -2.13. The highest BCUT2D eigenvalue weighted by atomic mass is 32.1. The van der Waals surface area contributed by atoms with Crippen LogP contribution in [0.4, 0.5) is 0 Å². The van der Waals surface area contributed by atoms with Crippen molar-refractivity contribution in [3.05, 3.63) is 24.3 Å². The second kappa shape index (κ2) is 9.83. The third-order valence-electron chi connectivity index (χ3n) is 3.95. The number of rotatable bonds is 6. The molecule has 136 valence electrons. The van der Waals surface area contributed by atoms with Crippen LogP contribution in [0.3, 0.4) is 0 Å². The molecule has 0 spiro atoms. The van der Waals surface area contributed by atoms with Crippen molar-refractivity contribution in [1.29, 1.82) is 0 Å². The Morgan fingerprint density at radius 1 is 1.08 bits per heavy atom. The first-order valence-electron chi connectivity index (χ1n) is 8.22. The molecule has 1 aliphatic rings. The minimum atomic E-state index is -0.414. The maximum absolute atomic E-state index is 11.8. The fraction of sp³-hybridized carbons (Fsp3) is 0.471. The van der Waals surface area contributed by atoms with Crippen molar-refractivity contribution >= 4 is 29.1 Å². The van der Waals surface area contributed by atoms with Crippen LogP contribution in [0.1, 0.15) is 32.1 Å². The van der Waals surface area contributed by atoms with Crippen LogP contribution in [-0.4, -0.2) is 30.6 Å². The van der Waals surface area contributed by atoms with E-state index in [-0.39, 0.29) is 17.6 Å². The normalized spacial score (nSPS) is 13.8. The standard InChI is InChI=1S/C17H23N3O4S/c1-23-13-6-8-14(9-7-13)24-11-16(22)19-20-17(25)18-15(21)10-12-4-2-3-5-12/h6-9,12H,2-5,10-11H2,1H3,(H,19,22)(H2,18,20,21,25). The molecule has 1 fully saturated rings. The highest BCUT2D eigenvalue weighted by Crippen LogP contribution is 2.27. The minimum absolute atomic E-state index is 0.0702. The van der Waals surface area contributed by atoms with E-state index in [1.165, 1.54) is 12.8 Å². The number of carbonyl (C=O) groups is 2. The Hall–Kier alpha value is -2.35. The molecule has 3 N–H and O–H groups in total. The van der Waals surface area contributed by atoms with Crippen molar-refractivity contribution in [1.82, 2.24) is 16.2 Å². The Bertz CT molecular complexity index is 600. The molecule has 2 rings (SSSR count). The Balaban J connectivity index is 1.61. The van der Waals surface area contributed by atoms with Gasteiger partial charge in [0.25, 0.3) is 5.91 Å². The van der Waals surface area contributed by atoms with E-state index in [1.54, 1.807) is 31.4 Å². The average molecular weight is 365 g/mol. The van der Waals surface area contributed by atoms with Gasteiger partial charge < -0.3 is 14.8 Å². The molecular weight excluding hydrogens is 342 g/mol. The van der Waals surface area contributed by atoms with Gasteiger partial charge in [0.15, 0.2) is 11.7 Å². The van der Waals surface area contributed by atoms with Crippen molar-refractivity contribution in [2.45, 2.75) is 32.1 Å². The summed E-state index contributed by atoms with van der Waals surface area (Å²) >= 11 is 4.98. The van der Waals surface area contributed by atoms with Gasteiger partial charge in [-0.3, -0.25) is 20.4 Å². The zero-order valence-electron chi connectivity index (χ0n) is 14.2. The summed E-state index contributed by atoms with van der Waals surface area (Å²) in [4.78, 5) is 23.5. The number of methoxy groups -OCH3 is 1. The van der Waals surface area contributed by atoms with E-state index in [1.807, 2.05) is 0 Å². The van der Waals surface area contributed by atoms with Gasteiger partial charge in [-0.05, 0) is 55.2 Å². The number of thiocarbonyl (C=S) groups is 1. The molecule has 1 aromatic carbocycles. The van der Waals surface area contributed by atoms with Gasteiger partial charge in [-0.2, -0.15) is 0 Å². The molecular formula is C17H23N3O4S. The maximum Gasteiger partial charge on any atom is 0.276 e. The molecule has 1 saturated carbocycles. The molecule has 1 aromatic rings. The molecule has 0 radical (unpaired) electrons. The van der Waals surface area contributed by atoms with Gasteiger partial charge >= 0.3 is 0 Å². The van der Waals surface area contributed by atoms with E-state index < -0.39 is 5.91 Å². The van der Waals surface area contributed by atoms with Gasteiger partial charge in [0.05, 0.1) is 7.11 Å². The molecule has 0 heterocycles. The van der Waals surface area contributed by atoms with Crippen LogP contribution in [0.2, 0.25) is 0 Å². The zero-order valence-corrected chi connectivity index (χ0v) is 15.0. The van der Waals surface area contributed by atoms with Crippen molar-refractivity contribution in [2.24, 2.45) is 5.92 Å². The summed E-state index contributed by atoms with van der Waals surface area (Å²) in [6.45, 7) is -0.183. The number of nitrogens with one attached hydrogen (secondary N) is 3. The Morgan fingerprint density at radius 3 is 2.36 bits per heavy atom. The number of carbonyl (C=O) groups excluding carboxylic acids is 2. The molecule has 8 heteroatoms. The van der Waals surface area contributed by atoms with Gasteiger partial charge in [0, 0.05) is 6.42 Å². The summed E-state index contributed by atoms with van der Waals surface area (Å²) in [5.41, 5.74) is 4.87. The lowest BCUT2D eigenvalue weighted by atomic mass is 10.0. The van der Waals surface area contributed by atoms with Crippen LogP contribution in [0.25, 0.3) is 0 Å². The molecule has 0 saturated heterocycles. The highest BCUT2D eigenvalue weighted by Gasteiger charge is 2.18. The first kappa shape index (κ1) is 19.0. The van der Waals surface area contributed by atoms with Crippen molar-refractivity contribution in [3.63, 3.8) is 0 Å². The summed E-state index contributed by atoms with van der Waals surface area (Å²) in [5, 5.41) is 2.63.